The van der Waals surface area contributed by atoms with Crippen LogP contribution in [0.4, 0.5) is 17.1 Å². The van der Waals surface area contributed by atoms with Gasteiger partial charge >= 0.3 is 0 Å². The van der Waals surface area contributed by atoms with Crippen molar-refractivity contribution in [2.24, 2.45) is 0 Å². The van der Waals surface area contributed by atoms with E-state index in [1.165, 1.54) is 11.6 Å². The summed E-state index contributed by atoms with van der Waals surface area (Å²) in [5.74, 6) is -0.556. The van der Waals surface area contributed by atoms with Crippen molar-refractivity contribution in [2.75, 3.05) is 5.32 Å². The number of aryl methyl sites for hydroxylation is 2. The Hall–Kier alpha value is -4.67. The van der Waals surface area contributed by atoms with Gasteiger partial charge in [0.1, 0.15) is 12.1 Å². The lowest BCUT2D eigenvalue weighted by atomic mass is 10.0. The Kier molecular flexibility index (Phi) is 5.76. The summed E-state index contributed by atoms with van der Waals surface area (Å²) < 4.78 is 1.44. The van der Waals surface area contributed by atoms with Gasteiger partial charge in [0.25, 0.3) is 11.4 Å². The highest BCUT2D eigenvalue weighted by molar-refractivity contribution is 5.96. The van der Waals surface area contributed by atoms with E-state index in [2.05, 4.69) is 15.4 Å². The van der Waals surface area contributed by atoms with Gasteiger partial charge in [-0.2, -0.15) is 5.10 Å². The van der Waals surface area contributed by atoms with Crippen molar-refractivity contribution < 1.29 is 14.6 Å². The molecule has 2 heterocycles. The van der Waals surface area contributed by atoms with E-state index >= 15 is 0 Å². The molecule has 2 aromatic heterocycles. The van der Waals surface area contributed by atoms with Gasteiger partial charge in [-0.3, -0.25) is 25.0 Å². The minimum absolute atomic E-state index is 0.0458. The van der Waals surface area contributed by atoms with E-state index in [-0.39, 0.29) is 17.8 Å². The summed E-state index contributed by atoms with van der Waals surface area (Å²) in [6.45, 7) is 4.88. The molecule has 1 amide bonds. The van der Waals surface area contributed by atoms with E-state index in [1.807, 2.05) is 44.2 Å². The molecular weight excluding hydrogens is 440 g/mol. The first-order valence-corrected chi connectivity index (χ1v) is 10.3. The van der Waals surface area contributed by atoms with Crippen molar-refractivity contribution in [3.8, 4) is 11.1 Å². The number of hydrogen-bond acceptors (Lipinski definition) is 7. The summed E-state index contributed by atoms with van der Waals surface area (Å²) >= 11 is 0. The second-order valence-electron chi connectivity index (χ2n) is 7.87. The van der Waals surface area contributed by atoms with Crippen molar-refractivity contribution in [3.05, 3.63) is 85.7 Å². The molecule has 2 aromatic carbocycles. The van der Waals surface area contributed by atoms with Crippen LogP contribution in [0.2, 0.25) is 0 Å². The normalized spacial score (nSPS) is 10.9. The SMILES string of the molecule is Cc1ccc(-c2ccnc3c2c(C)nn3CC(=O)Nc2cc([N+](=O)[O-])c(C)c([N+](=O)[O-])c2)cc1. The van der Waals surface area contributed by atoms with Crippen LogP contribution in [-0.4, -0.2) is 30.5 Å². The number of pyridine rings is 1. The maximum absolute atomic E-state index is 12.7. The predicted molar refractivity (Wildman–Crippen MR) is 126 cm³/mol. The van der Waals surface area contributed by atoms with Crippen molar-refractivity contribution >= 4 is 34.0 Å². The molecule has 0 atom stereocenters. The van der Waals surface area contributed by atoms with Crippen LogP contribution in [0.25, 0.3) is 22.2 Å². The summed E-state index contributed by atoms with van der Waals surface area (Å²) in [5.41, 5.74) is 3.21. The first-order valence-electron chi connectivity index (χ1n) is 10.3. The van der Waals surface area contributed by atoms with Gasteiger partial charge in [0.05, 0.1) is 21.2 Å². The minimum Gasteiger partial charge on any atom is -0.324 e. The standard InChI is InChI=1S/C23H20N6O5/c1-13-4-6-16(7-5-13)18-8-9-24-23-22(18)15(3)26-27(23)12-21(30)25-17-10-19(28(31)32)14(2)20(11-17)29(33)34/h4-11H,12H2,1-3H3,(H,25,30). The molecule has 34 heavy (non-hydrogen) atoms. The molecule has 172 valence electrons. The van der Waals surface area contributed by atoms with Crippen LogP contribution < -0.4 is 5.32 Å². The second-order valence-corrected chi connectivity index (χ2v) is 7.87. The number of anilines is 1. The van der Waals surface area contributed by atoms with Crippen LogP contribution in [0.3, 0.4) is 0 Å². The highest BCUT2D eigenvalue weighted by Gasteiger charge is 2.24. The Balaban J connectivity index is 1.66. The largest absolute Gasteiger partial charge is 0.324 e. The van der Waals surface area contributed by atoms with Crippen LogP contribution in [0.15, 0.2) is 48.7 Å². The van der Waals surface area contributed by atoms with Crippen LogP contribution in [0.5, 0.6) is 0 Å². The second kappa shape index (κ2) is 8.70. The summed E-state index contributed by atoms with van der Waals surface area (Å²) in [4.78, 5) is 38.3. The third kappa shape index (κ3) is 4.18. The van der Waals surface area contributed by atoms with E-state index in [0.717, 1.165) is 34.2 Å². The zero-order valence-corrected chi connectivity index (χ0v) is 18.6. The molecule has 11 heteroatoms. The van der Waals surface area contributed by atoms with Gasteiger partial charge in [0.15, 0.2) is 5.65 Å². The van der Waals surface area contributed by atoms with Gasteiger partial charge in [-0.25, -0.2) is 9.67 Å². The Morgan fingerprint density at radius 3 is 2.21 bits per heavy atom. The molecule has 11 nitrogen and oxygen atoms in total. The fourth-order valence-electron chi connectivity index (χ4n) is 3.84. The number of nitrogens with one attached hydrogen (secondary N) is 1. The zero-order chi connectivity index (χ0) is 24.6. The molecule has 0 saturated carbocycles. The Morgan fingerprint density at radius 2 is 1.62 bits per heavy atom. The van der Waals surface area contributed by atoms with Gasteiger partial charge in [0.2, 0.25) is 5.91 Å². The number of nitrogens with zero attached hydrogens (tertiary/aromatic N) is 5. The number of amides is 1. The third-order valence-corrected chi connectivity index (χ3v) is 5.49. The zero-order valence-electron chi connectivity index (χ0n) is 18.6. The Labute approximate surface area is 193 Å². The van der Waals surface area contributed by atoms with E-state index in [0.29, 0.717) is 11.3 Å². The quantitative estimate of drug-likeness (QED) is 0.330. The van der Waals surface area contributed by atoms with Crippen LogP contribution in [-0.2, 0) is 11.3 Å². The van der Waals surface area contributed by atoms with Gasteiger partial charge in [-0.05, 0) is 38.0 Å². The molecule has 0 bridgehead atoms. The van der Waals surface area contributed by atoms with Crippen molar-refractivity contribution in [3.63, 3.8) is 0 Å². The lowest BCUT2D eigenvalue weighted by Gasteiger charge is -2.08. The molecule has 0 spiro atoms. The summed E-state index contributed by atoms with van der Waals surface area (Å²) in [6.07, 6.45) is 1.64. The highest BCUT2D eigenvalue weighted by Crippen LogP contribution is 2.32. The molecule has 0 aliphatic carbocycles. The van der Waals surface area contributed by atoms with Gasteiger partial charge < -0.3 is 5.32 Å². The molecule has 0 saturated heterocycles. The molecule has 4 aromatic rings. The van der Waals surface area contributed by atoms with E-state index in [1.54, 1.807) is 6.20 Å². The smallest absolute Gasteiger partial charge is 0.281 e. The summed E-state index contributed by atoms with van der Waals surface area (Å²) in [6, 6.07) is 12.1. The predicted octanol–water partition coefficient (Wildman–Crippen LogP) is 4.48. The number of rotatable bonds is 6. The molecule has 0 fully saturated rings. The first kappa shape index (κ1) is 22.5. The number of hydrogen-bond donors (Lipinski definition) is 1. The molecule has 1 N–H and O–H groups in total. The van der Waals surface area contributed by atoms with Crippen LogP contribution in [0, 0.1) is 41.0 Å². The van der Waals surface area contributed by atoms with Crippen molar-refractivity contribution in [2.45, 2.75) is 27.3 Å². The number of aromatic nitrogens is 3. The van der Waals surface area contributed by atoms with E-state index in [9.17, 15) is 25.0 Å². The van der Waals surface area contributed by atoms with Gasteiger partial charge in [-0.1, -0.05) is 29.8 Å². The number of carbonyl (C=O) groups is 1. The molecular formula is C23H20N6O5. The van der Waals surface area contributed by atoms with E-state index < -0.39 is 27.1 Å². The highest BCUT2D eigenvalue weighted by atomic mass is 16.6. The summed E-state index contributed by atoms with van der Waals surface area (Å²) in [7, 11) is 0. The van der Waals surface area contributed by atoms with Crippen molar-refractivity contribution in [1.29, 1.82) is 0 Å². The van der Waals surface area contributed by atoms with Crippen LogP contribution in [0.1, 0.15) is 16.8 Å². The average Bonchev–Trinajstić information content (AvgIpc) is 3.10. The molecule has 0 aliphatic heterocycles. The number of fused-ring (bicyclic) bond motifs is 1. The first-order chi connectivity index (χ1) is 16.2. The Bertz CT molecular complexity index is 1420. The number of nitro benzene ring substituents is 2. The Morgan fingerprint density at radius 1 is 1.00 bits per heavy atom. The average molecular weight is 460 g/mol. The minimum atomic E-state index is -0.723. The fraction of sp³-hybridized carbons (Fsp3) is 0.174. The molecule has 0 aliphatic rings. The maximum Gasteiger partial charge on any atom is 0.281 e. The molecule has 4 rings (SSSR count). The molecule has 0 unspecified atom stereocenters. The van der Waals surface area contributed by atoms with Crippen molar-refractivity contribution in [1.82, 2.24) is 14.8 Å². The third-order valence-electron chi connectivity index (χ3n) is 5.49. The van der Waals surface area contributed by atoms with Gasteiger partial charge in [-0.15, -0.1) is 0 Å². The lowest BCUT2D eigenvalue weighted by Crippen LogP contribution is -2.20. The summed E-state index contributed by atoms with van der Waals surface area (Å²) in [5, 5.41) is 30.3. The lowest BCUT2D eigenvalue weighted by molar-refractivity contribution is -0.395. The monoisotopic (exact) mass is 460 g/mol. The van der Waals surface area contributed by atoms with E-state index in [4.69, 9.17) is 0 Å². The molecule has 0 radical (unpaired) electrons. The number of benzene rings is 2. The number of nitro groups is 2. The fourth-order valence-corrected chi connectivity index (χ4v) is 3.84. The number of carbonyl (C=O) groups excluding carboxylic acids is 1. The van der Waals surface area contributed by atoms with Gasteiger partial charge in [0, 0.05) is 23.7 Å². The van der Waals surface area contributed by atoms with Crippen LogP contribution >= 0.6 is 0 Å². The topological polar surface area (TPSA) is 146 Å². The maximum atomic E-state index is 12.7.